The Balaban J connectivity index is 1.72. The van der Waals surface area contributed by atoms with Crippen LogP contribution in [-0.2, 0) is 18.4 Å². The summed E-state index contributed by atoms with van der Waals surface area (Å²) in [7, 11) is 1.91. The van der Waals surface area contributed by atoms with Crippen LogP contribution in [0.3, 0.4) is 0 Å². The molecule has 0 unspecified atom stereocenters. The Hall–Kier alpha value is -2.94. The number of nitrogens with one attached hydrogen (secondary N) is 2. The molecule has 0 aromatic carbocycles. The van der Waals surface area contributed by atoms with Gasteiger partial charge in [0.05, 0.1) is 12.6 Å². The van der Waals surface area contributed by atoms with Crippen molar-refractivity contribution in [1.82, 2.24) is 30.1 Å². The fraction of sp³-hybridized carbons (Fsp3) is 0.444. The van der Waals surface area contributed by atoms with E-state index in [2.05, 4.69) is 20.6 Å². The number of aryl methyl sites for hydroxylation is 1. The molecule has 3 heterocycles. The number of nitrogens with zero attached hydrogens (tertiary/aromatic N) is 4. The van der Waals surface area contributed by atoms with E-state index in [1.807, 2.05) is 29.6 Å². The van der Waals surface area contributed by atoms with E-state index in [4.69, 9.17) is 0 Å². The van der Waals surface area contributed by atoms with Crippen molar-refractivity contribution < 1.29 is 14.7 Å². The number of likely N-dealkylation sites (N-methyl/N-ethyl adjacent to an activating group) is 1. The standard InChI is InChI=1S/C18H24N6O3/c1-3-19-17(26)13-9-12(10-24(13)11-15-20-7-8-23(15)2)22-18(27)16-14(25)5-4-6-21-16/h4-8,12-13,25H,3,9-11H2,1-2H3,(H,19,26)(H,22,27)/t12-,13-/m0/s1. The summed E-state index contributed by atoms with van der Waals surface area (Å²) >= 11 is 0. The van der Waals surface area contributed by atoms with Crippen molar-refractivity contribution in [3.05, 3.63) is 42.2 Å². The predicted molar refractivity (Wildman–Crippen MR) is 97.9 cm³/mol. The summed E-state index contributed by atoms with van der Waals surface area (Å²) in [5.74, 6) is 0.160. The molecule has 0 bridgehead atoms. The van der Waals surface area contributed by atoms with Gasteiger partial charge >= 0.3 is 0 Å². The van der Waals surface area contributed by atoms with E-state index in [0.717, 1.165) is 5.82 Å². The molecule has 2 atom stereocenters. The average Bonchev–Trinajstić information content (AvgIpc) is 3.22. The number of carbonyl (C=O) groups is 2. The van der Waals surface area contributed by atoms with Crippen LogP contribution in [0.25, 0.3) is 0 Å². The number of rotatable bonds is 6. The SMILES string of the molecule is CCNC(=O)[C@@H]1C[C@H](NC(=O)c2ncccc2O)CN1Cc1nccn1C. The summed E-state index contributed by atoms with van der Waals surface area (Å²) in [5.41, 5.74) is -0.0189. The third kappa shape index (κ3) is 4.25. The van der Waals surface area contributed by atoms with Gasteiger partial charge in [0.25, 0.3) is 5.91 Å². The number of aromatic nitrogens is 3. The van der Waals surface area contributed by atoms with Crippen LogP contribution >= 0.6 is 0 Å². The molecule has 2 aromatic rings. The highest BCUT2D eigenvalue weighted by Gasteiger charge is 2.38. The van der Waals surface area contributed by atoms with Gasteiger partial charge < -0.3 is 20.3 Å². The molecule has 144 valence electrons. The van der Waals surface area contributed by atoms with E-state index in [-0.39, 0.29) is 29.4 Å². The minimum Gasteiger partial charge on any atom is -0.505 e. The fourth-order valence-corrected chi connectivity index (χ4v) is 3.30. The Labute approximate surface area is 157 Å². The topological polar surface area (TPSA) is 112 Å². The van der Waals surface area contributed by atoms with Crippen LogP contribution in [0.1, 0.15) is 29.7 Å². The van der Waals surface area contributed by atoms with E-state index >= 15 is 0 Å². The third-order valence-corrected chi connectivity index (χ3v) is 4.66. The van der Waals surface area contributed by atoms with Gasteiger partial charge in [0, 0.05) is 44.8 Å². The third-order valence-electron chi connectivity index (χ3n) is 4.66. The number of pyridine rings is 1. The quantitative estimate of drug-likeness (QED) is 0.660. The first-order valence-electron chi connectivity index (χ1n) is 8.92. The summed E-state index contributed by atoms with van der Waals surface area (Å²) < 4.78 is 1.91. The van der Waals surface area contributed by atoms with Gasteiger partial charge in [-0.3, -0.25) is 14.5 Å². The molecule has 9 heteroatoms. The maximum absolute atomic E-state index is 12.5. The molecule has 0 radical (unpaired) electrons. The number of likely N-dealkylation sites (tertiary alicyclic amines) is 1. The molecule has 9 nitrogen and oxygen atoms in total. The van der Waals surface area contributed by atoms with Crippen LogP contribution < -0.4 is 10.6 Å². The van der Waals surface area contributed by atoms with E-state index in [9.17, 15) is 14.7 Å². The highest BCUT2D eigenvalue weighted by atomic mass is 16.3. The van der Waals surface area contributed by atoms with Gasteiger partial charge in [0.15, 0.2) is 5.69 Å². The molecule has 0 spiro atoms. The lowest BCUT2D eigenvalue weighted by molar-refractivity contribution is -0.125. The molecule has 1 aliphatic heterocycles. The van der Waals surface area contributed by atoms with Crippen molar-refractivity contribution in [2.24, 2.45) is 7.05 Å². The van der Waals surface area contributed by atoms with Crippen LogP contribution in [0.4, 0.5) is 0 Å². The van der Waals surface area contributed by atoms with Gasteiger partial charge in [-0.1, -0.05) is 0 Å². The highest BCUT2D eigenvalue weighted by Crippen LogP contribution is 2.21. The van der Waals surface area contributed by atoms with E-state index in [1.165, 1.54) is 12.3 Å². The van der Waals surface area contributed by atoms with Crippen molar-refractivity contribution in [3.63, 3.8) is 0 Å². The van der Waals surface area contributed by atoms with Crippen molar-refractivity contribution in [3.8, 4) is 5.75 Å². The number of hydrogen-bond donors (Lipinski definition) is 3. The van der Waals surface area contributed by atoms with Crippen LogP contribution in [-0.4, -0.2) is 61.5 Å². The fourth-order valence-electron chi connectivity index (χ4n) is 3.30. The molecular formula is C18H24N6O3. The van der Waals surface area contributed by atoms with Crippen LogP contribution in [0.15, 0.2) is 30.7 Å². The average molecular weight is 372 g/mol. The van der Waals surface area contributed by atoms with E-state index in [0.29, 0.717) is 26.1 Å². The van der Waals surface area contributed by atoms with Crippen molar-refractivity contribution in [2.75, 3.05) is 13.1 Å². The molecule has 0 saturated carbocycles. The zero-order valence-electron chi connectivity index (χ0n) is 15.4. The maximum atomic E-state index is 12.5. The van der Waals surface area contributed by atoms with Gasteiger partial charge in [0.1, 0.15) is 11.6 Å². The Kier molecular flexibility index (Phi) is 5.70. The number of imidazole rings is 1. The van der Waals surface area contributed by atoms with Crippen LogP contribution in [0.5, 0.6) is 5.75 Å². The lowest BCUT2D eigenvalue weighted by atomic mass is 10.1. The van der Waals surface area contributed by atoms with Crippen molar-refractivity contribution >= 4 is 11.8 Å². The largest absolute Gasteiger partial charge is 0.505 e. The maximum Gasteiger partial charge on any atom is 0.273 e. The highest BCUT2D eigenvalue weighted by molar-refractivity contribution is 5.95. The Bertz CT molecular complexity index is 821. The molecule has 27 heavy (non-hydrogen) atoms. The number of aromatic hydroxyl groups is 1. The Morgan fingerprint density at radius 3 is 2.81 bits per heavy atom. The van der Waals surface area contributed by atoms with Crippen LogP contribution in [0.2, 0.25) is 0 Å². The summed E-state index contributed by atoms with van der Waals surface area (Å²) in [6, 6.07) is 2.39. The first kappa shape index (κ1) is 18.8. The smallest absolute Gasteiger partial charge is 0.273 e. The molecule has 3 rings (SSSR count). The summed E-state index contributed by atoms with van der Waals surface area (Å²) in [6.07, 6.45) is 5.51. The van der Waals surface area contributed by atoms with E-state index < -0.39 is 5.91 Å². The molecule has 1 fully saturated rings. The van der Waals surface area contributed by atoms with Gasteiger partial charge in [-0.25, -0.2) is 9.97 Å². The van der Waals surface area contributed by atoms with Crippen LogP contribution in [0, 0.1) is 0 Å². The first-order valence-corrected chi connectivity index (χ1v) is 8.92. The lowest BCUT2D eigenvalue weighted by Gasteiger charge is -2.22. The second-order valence-electron chi connectivity index (χ2n) is 6.57. The molecular weight excluding hydrogens is 348 g/mol. The first-order chi connectivity index (χ1) is 13.0. The minimum atomic E-state index is -0.452. The number of hydrogen-bond acceptors (Lipinski definition) is 6. The molecule has 1 aliphatic rings. The summed E-state index contributed by atoms with van der Waals surface area (Å²) in [5, 5.41) is 15.5. The zero-order valence-corrected chi connectivity index (χ0v) is 15.4. The van der Waals surface area contributed by atoms with Gasteiger partial charge in [0.2, 0.25) is 5.91 Å². The Morgan fingerprint density at radius 2 is 2.15 bits per heavy atom. The second kappa shape index (κ2) is 8.17. The Morgan fingerprint density at radius 1 is 1.33 bits per heavy atom. The van der Waals surface area contributed by atoms with Crippen molar-refractivity contribution in [2.45, 2.75) is 32.0 Å². The number of amides is 2. The predicted octanol–water partition coefficient (Wildman–Crippen LogP) is 0.0297. The van der Waals surface area contributed by atoms with Gasteiger partial charge in [-0.15, -0.1) is 0 Å². The minimum absolute atomic E-state index is 0.0189. The lowest BCUT2D eigenvalue weighted by Crippen LogP contribution is -2.43. The molecule has 0 aliphatic carbocycles. The zero-order chi connectivity index (χ0) is 19.4. The molecule has 1 saturated heterocycles. The van der Waals surface area contributed by atoms with E-state index in [1.54, 1.807) is 12.3 Å². The summed E-state index contributed by atoms with van der Waals surface area (Å²) in [4.78, 5) is 35.2. The molecule has 3 N–H and O–H groups in total. The second-order valence-corrected chi connectivity index (χ2v) is 6.57. The van der Waals surface area contributed by atoms with Crippen molar-refractivity contribution in [1.29, 1.82) is 0 Å². The van der Waals surface area contributed by atoms with Gasteiger partial charge in [-0.05, 0) is 25.5 Å². The normalized spacial score (nSPS) is 19.8. The molecule has 2 amide bonds. The monoisotopic (exact) mass is 372 g/mol. The number of carbonyl (C=O) groups excluding carboxylic acids is 2. The summed E-state index contributed by atoms with van der Waals surface area (Å²) in [6.45, 7) is 3.43. The van der Waals surface area contributed by atoms with Gasteiger partial charge in [-0.2, -0.15) is 0 Å². The molecule has 2 aromatic heterocycles.